The van der Waals surface area contributed by atoms with Crippen molar-refractivity contribution in [3.8, 4) is 0 Å². The second kappa shape index (κ2) is 8.12. The van der Waals surface area contributed by atoms with Gasteiger partial charge in [0.25, 0.3) is 0 Å². The van der Waals surface area contributed by atoms with E-state index in [0.29, 0.717) is 13.1 Å². The SMILES string of the molecule is Cc1nc2ccc(CN(C[C@@H](C)CO)NC(=O)OC(C)(C)C)cc2s1. The summed E-state index contributed by atoms with van der Waals surface area (Å²) in [4.78, 5) is 16.6. The number of ether oxygens (including phenoxy) is 1. The zero-order chi connectivity index (χ0) is 18.6. The summed E-state index contributed by atoms with van der Waals surface area (Å²) in [5.41, 5.74) is 4.29. The Kier molecular flexibility index (Phi) is 6.37. The van der Waals surface area contributed by atoms with Crippen LogP contribution in [0.1, 0.15) is 38.3 Å². The van der Waals surface area contributed by atoms with Crippen molar-refractivity contribution in [2.24, 2.45) is 5.92 Å². The summed E-state index contributed by atoms with van der Waals surface area (Å²) in [6.07, 6.45) is -0.493. The number of carbonyl (C=O) groups excluding carboxylic acids is 1. The van der Waals surface area contributed by atoms with Gasteiger partial charge in [-0.2, -0.15) is 0 Å². The fourth-order valence-electron chi connectivity index (χ4n) is 2.42. The first-order chi connectivity index (χ1) is 11.7. The van der Waals surface area contributed by atoms with Gasteiger partial charge in [-0.25, -0.2) is 14.8 Å². The Morgan fingerprint density at radius 1 is 1.44 bits per heavy atom. The normalized spacial score (nSPS) is 13.2. The van der Waals surface area contributed by atoms with Crippen molar-refractivity contribution in [1.82, 2.24) is 15.4 Å². The summed E-state index contributed by atoms with van der Waals surface area (Å²) < 4.78 is 6.46. The lowest BCUT2D eigenvalue weighted by Crippen LogP contribution is -2.46. The van der Waals surface area contributed by atoms with Gasteiger partial charge in [-0.1, -0.05) is 13.0 Å². The first kappa shape index (κ1) is 19.6. The van der Waals surface area contributed by atoms with Gasteiger partial charge < -0.3 is 9.84 Å². The van der Waals surface area contributed by atoms with E-state index >= 15 is 0 Å². The third-order valence-electron chi connectivity index (χ3n) is 3.43. The van der Waals surface area contributed by atoms with Crippen LogP contribution in [-0.4, -0.2) is 39.9 Å². The highest BCUT2D eigenvalue weighted by Crippen LogP contribution is 2.23. The Hall–Kier alpha value is -1.70. The molecule has 1 atom stereocenters. The van der Waals surface area contributed by atoms with Crippen molar-refractivity contribution in [2.75, 3.05) is 13.2 Å². The molecular weight excluding hydrogens is 338 g/mol. The van der Waals surface area contributed by atoms with Gasteiger partial charge in [0.15, 0.2) is 0 Å². The molecule has 2 N–H and O–H groups in total. The molecular formula is C18H27N3O3S. The maximum Gasteiger partial charge on any atom is 0.422 e. The van der Waals surface area contributed by atoms with Crippen LogP contribution in [0.5, 0.6) is 0 Å². The number of aliphatic hydroxyl groups is 1. The molecule has 0 aliphatic rings. The van der Waals surface area contributed by atoms with E-state index in [1.807, 2.05) is 46.8 Å². The Labute approximate surface area is 152 Å². The summed E-state index contributed by atoms with van der Waals surface area (Å²) >= 11 is 1.65. The van der Waals surface area contributed by atoms with Gasteiger partial charge in [-0.15, -0.1) is 11.3 Å². The van der Waals surface area contributed by atoms with Crippen molar-refractivity contribution in [2.45, 2.75) is 46.8 Å². The monoisotopic (exact) mass is 365 g/mol. The fourth-order valence-corrected chi connectivity index (χ4v) is 3.31. The van der Waals surface area contributed by atoms with E-state index in [1.54, 1.807) is 16.3 Å². The first-order valence-corrected chi connectivity index (χ1v) is 9.19. The molecule has 0 aliphatic heterocycles. The van der Waals surface area contributed by atoms with Gasteiger partial charge in [0.05, 0.1) is 15.2 Å². The lowest BCUT2D eigenvalue weighted by molar-refractivity contribution is 0.0271. The number of aromatic nitrogens is 1. The minimum absolute atomic E-state index is 0.0318. The molecule has 0 saturated heterocycles. The predicted molar refractivity (Wildman–Crippen MR) is 100 cm³/mol. The highest BCUT2D eigenvalue weighted by molar-refractivity contribution is 7.18. The van der Waals surface area contributed by atoms with Crippen LogP contribution in [0.15, 0.2) is 18.2 Å². The number of nitrogens with one attached hydrogen (secondary N) is 1. The van der Waals surface area contributed by atoms with E-state index in [9.17, 15) is 9.90 Å². The number of hydrogen-bond acceptors (Lipinski definition) is 6. The summed E-state index contributed by atoms with van der Waals surface area (Å²) in [7, 11) is 0. The molecule has 1 aromatic carbocycles. The summed E-state index contributed by atoms with van der Waals surface area (Å²) in [6.45, 7) is 10.5. The highest BCUT2D eigenvalue weighted by atomic mass is 32.1. The van der Waals surface area contributed by atoms with Crippen LogP contribution in [0.4, 0.5) is 4.79 Å². The first-order valence-electron chi connectivity index (χ1n) is 8.38. The average molecular weight is 365 g/mol. The van der Waals surface area contributed by atoms with Gasteiger partial charge in [-0.05, 0) is 51.3 Å². The van der Waals surface area contributed by atoms with Crippen molar-refractivity contribution in [3.63, 3.8) is 0 Å². The zero-order valence-corrected chi connectivity index (χ0v) is 16.3. The number of aryl methyl sites for hydroxylation is 1. The Morgan fingerprint density at radius 2 is 2.16 bits per heavy atom. The molecule has 7 heteroatoms. The molecule has 2 aromatic rings. The number of hydrogen-bond donors (Lipinski definition) is 2. The molecule has 138 valence electrons. The quantitative estimate of drug-likeness (QED) is 0.767. The van der Waals surface area contributed by atoms with Gasteiger partial charge in [0.2, 0.25) is 0 Å². The summed E-state index contributed by atoms with van der Waals surface area (Å²) in [5, 5.41) is 12.2. The van der Waals surface area contributed by atoms with Gasteiger partial charge in [0.1, 0.15) is 5.60 Å². The van der Waals surface area contributed by atoms with Crippen LogP contribution in [0.3, 0.4) is 0 Å². The molecule has 1 amide bonds. The van der Waals surface area contributed by atoms with Crippen molar-refractivity contribution >= 4 is 27.6 Å². The molecule has 0 unspecified atom stereocenters. The average Bonchev–Trinajstić information content (AvgIpc) is 2.84. The van der Waals surface area contributed by atoms with Crippen LogP contribution in [0.25, 0.3) is 10.2 Å². The van der Waals surface area contributed by atoms with Crippen LogP contribution in [0.2, 0.25) is 0 Å². The molecule has 2 rings (SSSR count). The standard InChI is InChI=1S/C18H27N3O3S/c1-12(11-22)9-21(20-17(23)24-18(3,4)5)10-14-6-7-15-16(8-14)25-13(2)19-15/h6-8,12,22H,9-11H2,1-5H3,(H,20,23)/t12-/m1/s1. The fraction of sp³-hybridized carbons (Fsp3) is 0.556. The van der Waals surface area contributed by atoms with Crippen LogP contribution >= 0.6 is 11.3 Å². The van der Waals surface area contributed by atoms with Crippen LogP contribution in [-0.2, 0) is 11.3 Å². The molecule has 0 radical (unpaired) electrons. The Morgan fingerprint density at radius 3 is 2.80 bits per heavy atom. The highest BCUT2D eigenvalue weighted by Gasteiger charge is 2.20. The number of thiazole rings is 1. The number of fused-ring (bicyclic) bond motifs is 1. The maximum atomic E-state index is 12.1. The van der Waals surface area contributed by atoms with E-state index in [-0.39, 0.29) is 12.5 Å². The number of amides is 1. The molecule has 0 fully saturated rings. The van der Waals surface area contributed by atoms with E-state index in [4.69, 9.17) is 4.74 Å². The van der Waals surface area contributed by atoms with E-state index in [2.05, 4.69) is 16.5 Å². The molecule has 0 bridgehead atoms. The number of rotatable bonds is 6. The zero-order valence-electron chi connectivity index (χ0n) is 15.5. The maximum absolute atomic E-state index is 12.1. The van der Waals surface area contributed by atoms with E-state index in [1.165, 1.54) is 0 Å². The van der Waals surface area contributed by atoms with Gasteiger partial charge >= 0.3 is 6.09 Å². The number of nitrogens with zero attached hydrogens (tertiary/aromatic N) is 2. The van der Waals surface area contributed by atoms with Crippen LogP contribution in [0, 0.1) is 12.8 Å². The molecule has 0 saturated carbocycles. The predicted octanol–water partition coefficient (Wildman–Crippen LogP) is 3.47. The van der Waals surface area contributed by atoms with Gasteiger partial charge in [-0.3, -0.25) is 5.43 Å². The molecule has 0 aliphatic carbocycles. The second-order valence-electron chi connectivity index (χ2n) is 7.32. The van der Waals surface area contributed by atoms with Crippen molar-refractivity contribution in [1.29, 1.82) is 0 Å². The van der Waals surface area contributed by atoms with E-state index in [0.717, 1.165) is 20.8 Å². The minimum atomic E-state index is -0.558. The third-order valence-corrected chi connectivity index (χ3v) is 4.36. The molecule has 1 aromatic heterocycles. The third kappa shape index (κ3) is 6.26. The molecule has 25 heavy (non-hydrogen) atoms. The second-order valence-corrected chi connectivity index (χ2v) is 8.55. The number of aliphatic hydroxyl groups excluding tert-OH is 1. The molecule has 0 spiro atoms. The summed E-state index contributed by atoms with van der Waals surface area (Å²) in [5.74, 6) is 0.0318. The van der Waals surface area contributed by atoms with E-state index < -0.39 is 11.7 Å². The Bertz CT molecular complexity index is 724. The van der Waals surface area contributed by atoms with Crippen molar-refractivity contribution < 1.29 is 14.6 Å². The summed E-state index contributed by atoms with van der Waals surface area (Å²) in [6, 6.07) is 6.09. The van der Waals surface area contributed by atoms with Crippen LogP contribution < -0.4 is 5.43 Å². The number of hydrazine groups is 1. The number of carbonyl (C=O) groups is 1. The molecule has 1 heterocycles. The molecule has 6 nitrogen and oxygen atoms in total. The topological polar surface area (TPSA) is 74.7 Å². The Balaban J connectivity index is 2.11. The lowest BCUT2D eigenvalue weighted by atomic mass is 10.1. The lowest BCUT2D eigenvalue weighted by Gasteiger charge is -2.27. The minimum Gasteiger partial charge on any atom is -0.443 e. The largest absolute Gasteiger partial charge is 0.443 e. The smallest absolute Gasteiger partial charge is 0.422 e. The van der Waals surface area contributed by atoms with Crippen molar-refractivity contribution in [3.05, 3.63) is 28.8 Å². The van der Waals surface area contributed by atoms with Gasteiger partial charge in [0, 0.05) is 19.7 Å². The number of benzene rings is 1.